The van der Waals surface area contributed by atoms with Crippen molar-refractivity contribution in [1.82, 2.24) is 10.2 Å². The lowest BCUT2D eigenvalue weighted by molar-refractivity contribution is -0.120. The lowest BCUT2D eigenvalue weighted by atomic mass is 10.2. The maximum Gasteiger partial charge on any atom is 0.221 e. The molecule has 1 aromatic rings. The molecule has 0 spiro atoms. The van der Waals surface area contributed by atoms with Gasteiger partial charge in [-0.25, -0.2) is 8.42 Å². The fourth-order valence-corrected chi connectivity index (χ4v) is 3.00. The third-order valence-corrected chi connectivity index (χ3v) is 4.79. The number of carbonyl (C=O) groups excluding carboxylic acids is 1. The molecule has 114 valence electrons. The third-order valence-electron chi connectivity index (χ3n) is 3.08. The zero-order valence-electron chi connectivity index (χ0n) is 12.2. The summed E-state index contributed by atoms with van der Waals surface area (Å²) in [6, 6.07) is 7.81. The zero-order valence-corrected chi connectivity index (χ0v) is 13.0. The molecule has 6 nitrogen and oxygen atoms in total. The van der Waals surface area contributed by atoms with Crippen molar-refractivity contribution in [2.75, 3.05) is 32.9 Å². The summed E-state index contributed by atoms with van der Waals surface area (Å²) in [6.07, 6.45) is 0.337. The highest BCUT2D eigenvalue weighted by molar-refractivity contribution is 7.91. The normalized spacial score (nSPS) is 11.1. The fourth-order valence-electron chi connectivity index (χ4n) is 1.66. The van der Waals surface area contributed by atoms with E-state index in [0.29, 0.717) is 25.1 Å². The molecular weight excluding hydrogens is 290 g/mol. The molecule has 1 rings (SSSR count). The molecule has 0 aliphatic heterocycles. The van der Waals surface area contributed by atoms with E-state index in [9.17, 15) is 13.2 Å². The molecule has 0 radical (unpaired) electrons. The summed E-state index contributed by atoms with van der Waals surface area (Å²) in [5.41, 5.74) is 0.427. The van der Waals surface area contributed by atoms with Crippen LogP contribution in [0.4, 0.5) is 0 Å². The standard InChI is InChI=1S/C14H19N3O3S/c1-16-14(18)7-8-17(2)9-10-21(19,20)13-5-3-12(11-15)4-6-13/h3-6H,7-10H2,1-2H3,(H,16,18). The van der Waals surface area contributed by atoms with Crippen molar-refractivity contribution in [3.8, 4) is 6.07 Å². The van der Waals surface area contributed by atoms with Crippen LogP contribution in [-0.2, 0) is 14.6 Å². The lowest BCUT2D eigenvalue weighted by Crippen LogP contribution is -2.30. The number of nitrogens with zero attached hydrogens (tertiary/aromatic N) is 2. The Kier molecular flexibility index (Phi) is 6.34. The third kappa shape index (κ3) is 5.53. The summed E-state index contributed by atoms with van der Waals surface area (Å²) < 4.78 is 24.3. The van der Waals surface area contributed by atoms with Crippen LogP contribution >= 0.6 is 0 Å². The minimum atomic E-state index is -3.38. The Balaban J connectivity index is 2.56. The van der Waals surface area contributed by atoms with Crippen molar-refractivity contribution in [2.45, 2.75) is 11.3 Å². The van der Waals surface area contributed by atoms with Gasteiger partial charge in [0.25, 0.3) is 0 Å². The number of rotatable bonds is 7. The highest BCUT2D eigenvalue weighted by atomic mass is 32.2. The first-order valence-corrected chi connectivity index (χ1v) is 8.16. The molecule has 0 unspecified atom stereocenters. The predicted octanol–water partition coefficient (Wildman–Crippen LogP) is 0.400. The Morgan fingerprint density at radius 3 is 2.43 bits per heavy atom. The number of hydrogen-bond donors (Lipinski definition) is 1. The van der Waals surface area contributed by atoms with Gasteiger partial charge in [0.15, 0.2) is 9.84 Å². The molecule has 0 bridgehead atoms. The molecule has 21 heavy (non-hydrogen) atoms. The van der Waals surface area contributed by atoms with E-state index in [0.717, 1.165) is 0 Å². The van der Waals surface area contributed by atoms with E-state index in [-0.39, 0.29) is 16.6 Å². The summed E-state index contributed by atoms with van der Waals surface area (Å²) in [5, 5.41) is 11.2. The van der Waals surface area contributed by atoms with Crippen molar-refractivity contribution >= 4 is 15.7 Å². The molecule has 1 amide bonds. The first kappa shape index (κ1) is 17.1. The van der Waals surface area contributed by atoms with Crippen LogP contribution in [0.15, 0.2) is 29.2 Å². The largest absolute Gasteiger partial charge is 0.359 e. The molecule has 0 aliphatic carbocycles. The molecular formula is C14H19N3O3S. The molecule has 0 saturated heterocycles. The number of nitrogens with one attached hydrogen (secondary N) is 1. The molecule has 0 saturated carbocycles. The summed E-state index contributed by atoms with van der Waals surface area (Å²) in [7, 11) is -0.0339. The fraction of sp³-hybridized carbons (Fsp3) is 0.429. The molecule has 1 aromatic carbocycles. The van der Waals surface area contributed by atoms with Gasteiger partial charge in [0.05, 0.1) is 22.3 Å². The minimum Gasteiger partial charge on any atom is -0.359 e. The van der Waals surface area contributed by atoms with Gasteiger partial charge in [-0.15, -0.1) is 0 Å². The van der Waals surface area contributed by atoms with E-state index in [4.69, 9.17) is 5.26 Å². The number of carbonyl (C=O) groups is 1. The monoisotopic (exact) mass is 309 g/mol. The Morgan fingerprint density at radius 2 is 1.90 bits per heavy atom. The van der Waals surface area contributed by atoms with Gasteiger partial charge in [0, 0.05) is 26.6 Å². The molecule has 7 heteroatoms. The van der Waals surface area contributed by atoms with Gasteiger partial charge in [-0.2, -0.15) is 5.26 Å². The van der Waals surface area contributed by atoms with Gasteiger partial charge in [0.1, 0.15) is 0 Å². The second kappa shape index (κ2) is 7.76. The maximum atomic E-state index is 12.1. The molecule has 1 N–H and O–H groups in total. The van der Waals surface area contributed by atoms with Gasteiger partial charge >= 0.3 is 0 Å². The number of nitriles is 1. The Bertz CT molecular complexity index is 618. The maximum absolute atomic E-state index is 12.1. The minimum absolute atomic E-state index is 0.0247. The molecule has 0 fully saturated rings. The van der Waals surface area contributed by atoms with E-state index in [1.54, 1.807) is 19.0 Å². The van der Waals surface area contributed by atoms with Crippen LogP contribution < -0.4 is 5.32 Å². The summed E-state index contributed by atoms with van der Waals surface area (Å²) >= 11 is 0. The number of benzene rings is 1. The van der Waals surface area contributed by atoms with Crippen LogP contribution in [0.25, 0.3) is 0 Å². The van der Waals surface area contributed by atoms with Crippen molar-refractivity contribution in [3.05, 3.63) is 29.8 Å². The molecule has 0 atom stereocenters. The number of sulfone groups is 1. The highest BCUT2D eigenvalue weighted by Crippen LogP contribution is 2.12. The quantitative estimate of drug-likeness (QED) is 0.787. The van der Waals surface area contributed by atoms with E-state index in [1.165, 1.54) is 24.3 Å². The topological polar surface area (TPSA) is 90.3 Å². The van der Waals surface area contributed by atoms with Gasteiger partial charge in [0.2, 0.25) is 5.91 Å². The van der Waals surface area contributed by atoms with Crippen molar-refractivity contribution < 1.29 is 13.2 Å². The van der Waals surface area contributed by atoms with Crippen LogP contribution in [-0.4, -0.2) is 52.2 Å². The van der Waals surface area contributed by atoms with Crippen LogP contribution in [0.3, 0.4) is 0 Å². The van der Waals surface area contributed by atoms with Gasteiger partial charge in [-0.1, -0.05) is 0 Å². The van der Waals surface area contributed by atoms with Crippen LogP contribution in [0.5, 0.6) is 0 Å². The molecule has 0 aliphatic rings. The van der Waals surface area contributed by atoms with Crippen LogP contribution in [0.1, 0.15) is 12.0 Å². The van der Waals surface area contributed by atoms with Gasteiger partial charge in [-0.3, -0.25) is 4.79 Å². The Labute approximate surface area is 125 Å². The molecule has 0 aromatic heterocycles. The Morgan fingerprint density at radius 1 is 1.29 bits per heavy atom. The summed E-state index contributed by atoms with van der Waals surface area (Å²) in [4.78, 5) is 13.1. The van der Waals surface area contributed by atoms with E-state index in [2.05, 4.69) is 5.32 Å². The SMILES string of the molecule is CNC(=O)CCN(C)CCS(=O)(=O)c1ccc(C#N)cc1. The van der Waals surface area contributed by atoms with Crippen LogP contribution in [0.2, 0.25) is 0 Å². The lowest BCUT2D eigenvalue weighted by Gasteiger charge is -2.16. The number of amides is 1. The van der Waals surface area contributed by atoms with Gasteiger partial charge < -0.3 is 10.2 Å². The van der Waals surface area contributed by atoms with Crippen molar-refractivity contribution in [1.29, 1.82) is 5.26 Å². The average Bonchev–Trinajstić information content (AvgIpc) is 2.50. The predicted molar refractivity (Wildman–Crippen MR) is 79.4 cm³/mol. The smallest absolute Gasteiger partial charge is 0.221 e. The summed E-state index contributed by atoms with van der Waals surface area (Å²) in [6.45, 7) is 0.849. The first-order valence-electron chi connectivity index (χ1n) is 6.51. The van der Waals surface area contributed by atoms with E-state index in [1.807, 2.05) is 6.07 Å². The van der Waals surface area contributed by atoms with Gasteiger partial charge in [-0.05, 0) is 31.3 Å². The summed E-state index contributed by atoms with van der Waals surface area (Å²) in [5.74, 6) is -0.0971. The zero-order chi connectivity index (χ0) is 15.9. The second-order valence-corrected chi connectivity index (χ2v) is 6.79. The van der Waals surface area contributed by atoms with Crippen molar-refractivity contribution in [2.24, 2.45) is 0 Å². The molecule has 0 heterocycles. The Hall–Kier alpha value is -1.91. The van der Waals surface area contributed by atoms with E-state index < -0.39 is 9.84 Å². The van der Waals surface area contributed by atoms with Crippen LogP contribution in [0, 0.1) is 11.3 Å². The highest BCUT2D eigenvalue weighted by Gasteiger charge is 2.15. The number of hydrogen-bond acceptors (Lipinski definition) is 5. The van der Waals surface area contributed by atoms with Crippen molar-refractivity contribution in [3.63, 3.8) is 0 Å². The first-order chi connectivity index (χ1) is 9.89. The average molecular weight is 309 g/mol. The second-order valence-electron chi connectivity index (χ2n) is 4.68. The van der Waals surface area contributed by atoms with E-state index >= 15 is 0 Å².